The van der Waals surface area contributed by atoms with Crippen LogP contribution in [0.3, 0.4) is 0 Å². The fourth-order valence-corrected chi connectivity index (χ4v) is 6.41. The Morgan fingerprint density at radius 3 is 2.31 bits per heavy atom. The van der Waals surface area contributed by atoms with Gasteiger partial charge in [0.1, 0.15) is 11.5 Å². The van der Waals surface area contributed by atoms with Gasteiger partial charge in [0.25, 0.3) is 0 Å². The van der Waals surface area contributed by atoms with Crippen LogP contribution in [0.5, 0.6) is 11.5 Å². The Balaban J connectivity index is 1.43. The number of hydrogen-bond acceptors (Lipinski definition) is 3. The lowest BCUT2D eigenvalue weighted by Gasteiger charge is -2.36. The van der Waals surface area contributed by atoms with E-state index in [1.807, 2.05) is 103 Å². The molecule has 6 rings (SSSR count). The normalized spacial score (nSPS) is 16.2. The maximum atomic E-state index is 14.0. The van der Waals surface area contributed by atoms with Gasteiger partial charge in [-0.15, -0.1) is 0 Å². The molecule has 0 radical (unpaired) electrons. The molecule has 0 amide bonds. The van der Waals surface area contributed by atoms with Crippen molar-refractivity contribution in [2.24, 2.45) is 0 Å². The number of sulfonamides is 1. The van der Waals surface area contributed by atoms with Crippen molar-refractivity contribution in [3.05, 3.63) is 127 Å². The molecule has 2 heterocycles. The van der Waals surface area contributed by atoms with Gasteiger partial charge >= 0.3 is 0 Å². The lowest BCUT2D eigenvalue weighted by Crippen LogP contribution is -2.42. The smallest absolute Gasteiger partial charge is 0.244 e. The summed E-state index contributed by atoms with van der Waals surface area (Å²) < 4.78 is 37.8. The van der Waals surface area contributed by atoms with Crippen molar-refractivity contribution in [1.82, 2.24) is 8.87 Å². The molecule has 4 aromatic carbocycles. The van der Waals surface area contributed by atoms with Crippen LogP contribution in [0.25, 0.3) is 10.8 Å². The van der Waals surface area contributed by atoms with E-state index in [4.69, 9.17) is 4.74 Å². The Bertz CT molecular complexity index is 1610. The first-order valence-electron chi connectivity index (χ1n) is 11.6. The minimum Gasteiger partial charge on any atom is -0.457 e. The van der Waals surface area contributed by atoms with Crippen molar-refractivity contribution < 1.29 is 13.2 Å². The summed E-state index contributed by atoms with van der Waals surface area (Å²) in [7, 11) is -3.76. The van der Waals surface area contributed by atoms with Crippen LogP contribution in [-0.4, -0.2) is 23.8 Å². The Hall–Kier alpha value is -3.87. The predicted molar refractivity (Wildman–Crippen MR) is 137 cm³/mol. The van der Waals surface area contributed by atoms with Crippen molar-refractivity contribution in [1.29, 1.82) is 0 Å². The van der Waals surface area contributed by atoms with E-state index in [1.54, 1.807) is 16.4 Å². The van der Waals surface area contributed by atoms with E-state index in [0.717, 1.165) is 27.8 Å². The SMILES string of the molecule is O=S(=O)(c1ccc2ccccc2c1)N1CCn2cccc2C1c1cccc(Oc2ccccc2)c1. The molecule has 35 heavy (non-hydrogen) atoms. The highest BCUT2D eigenvalue weighted by Gasteiger charge is 2.37. The lowest BCUT2D eigenvalue weighted by molar-refractivity contribution is 0.298. The highest BCUT2D eigenvalue weighted by Crippen LogP contribution is 2.38. The molecule has 0 bridgehead atoms. The van der Waals surface area contributed by atoms with Gasteiger partial charge in [-0.1, -0.05) is 60.7 Å². The zero-order valence-corrected chi connectivity index (χ0v) is 19.8. The number of fused-ring (bicyclic) bond motifs is 2. The Labute approximate surface area is 204 Å². The van der Waals surface area contributed by atoms with Crippen molar-refractivity contribution in [3.63, 3.8) is 0 Å². The third-order valence-electron chi connectivity index (χ3n) is 6.47. The van der Waals surface area contributed by atoms with Gasteiger partial charge in [-0.05, 0) is 64.9 Å². The molecule has 0 fully saturated rings. The summed E-state index contributed by atoms with van der Waals surface area (Å²) in [6, 6.07) is 33.9. The summed E-state index contributed by atoms with van der Waals surface area (Å²) in [5.41, 5.74) is 1.81. The first kappa shape index (κ1) is 21.6. The van der Waals surface area contributed by atoms with E-state index in [1.165, 1.54) is 0 Å². The van der Waals surface area contributed by atoms with Gasteiger partial charge in [-0.2, -0.15) is 4.31 Å². The van der Waals surface area contributed by atoms with Gasteiger partial charge in [0, 0.05) is 25.0 Å². The van der Waals surface area contributed by atoms with Gasteiger partial charge < -0.3 is 9.30 Å². The van der Waals surface area contributed by atoms with Crippen LogP contribution in [0.15, 0.2) is 120 Å². The standard InChI is InChI=1S/C29H24N2O3S/c32-35(33,27-16-15-22-8-4-5-9-23(22)21-27)31-19-18-30-17-7-14-28(30)29(31)24-10-6-13-26(20-24)34-25-11-2-1-3-12-25/h1-17,20-21,29H,18-19H2. The summed E-state index contributed by atoms with van der Waals surface area (Å²) in [6.45, 7) is 0.983. The van der Waals surface area contributed by atoms with E-state index >= 15 is 0 Å². The molecule has 0 spiro atoms. The first-order valence-corrected chi connectivity index (χ1v) is 13.0. The second kappa shape index (κ2) is 8.73. The molecule has 1 unspecified atom stereocenters. The summed E-state index contributed by atoms with van der Waals surface area (Å²) in [5.74, 6) is 1.40. The van der Waals surface area contributed by atoms with Gasteiger partial charge in [0.05, 0.1) is 10.9 Å². The number of nitrogens with zero attached hydrogens (tertiary/aromatic N) is 2. The average Bonchev–Trinajstić information content (AvgIpc) is 3.37. The third-order valence-corrected chi connectivity index (χ3v) is 8.33. The van der Waals surface area contributed by atoms with E-state index < -0.39 is 16.1 Å². The summed E-state index contributed by atoms with van der Waals surface area (Å²) in [6.07, 6.45) is 2.01. The topological polar surface area (TPSA) is 51.5 Å². The zero-order chi connectivity index (χ0) is 23.8. The molecule has 1 atom stereocenters. The average molecular weight is 481 g/mol. The number of para-hydroxylation sites is 1. The monoisotopic (exact) mass is 480 g/mol. The third kappa shape index (κ3) is 4.01. The molecule has 1 aromatic heterocycles. The highest BCUT2D eigenvalue weighted by molar-refractivity contribution is 7.89. The van der Waals surface area contributed by atoms with E-state index in [-0.39, 0.29) is 0 Å². The molecule has 5 aromatic rings. The summed E-state index contributed by atoms with van der Waals surface area (Å²) in [4.78, 5) is 0.304. The first-order chi connectivity index (χ1) is 17.1. The number of aromatic nitrogens is 1. The molecule has 0 N–H and O–H groups in total. The molecule has 0 saturated carbocycles. The van der Waals surface area contributed by atoms with Crippen LogP contribution < -0.4 is 4.74 Å². The second-order valence-corrected chi connectivity index (χ2v) is 10.5. The quantitative estimate of drug-likeness (QED) is 0.300. The Morgan fingerprint density at radius 1 is 0.686 bits per heavy atom. The maximum Gasteiger partial charge on any atom is 0.244 e. The number of benzene rings is 4. The van der Waals surface area contributed by atoms with Gasteiger partial charge in [-0.3, -0.25) is 0 Å². The van der Waals surface area contributed by atoms with E-state index in [2.05, 4.69) is 4.57 Å². The largest absolute Gasteiger partial charge is 0.457 e. The lowest BCUT2D eigenvalue weighted by atomic mass is 10.0. The minimum absolute atomic E-state index is 0.304. The van der Waals surface area contributed by atoms with Crippen LogP contribution in [0, 0.1) is 0 Å². The Kier molecular flexibility index (Phi) is 5.40. The molecular weight excluding hydrogens is 456 g/mol. The van der Waals surface area contributed by atoms with Crippen molar-refractivity contribution in [3.8, 4) is 11.5 Å². The molecule has 5 nitrogen and oxygen atoms in total. The van der Waals surface area contributed by atoms with Crippen LogP contribution in [0.4, 0.5) is 0 Å². The fraction of sp³-hybridized carbons (Fsp3) is 0.103. The molecule has 174 valence electrons. The van der Waals surface area contributed by atoms with Crippen molar-refractivity contribution in [2.75, 3.05) is 6.54 Å². The van der Waals surface area contributed by atoms with E-state index in [0.29, 0.717) is 23.7 Å². The van der Waals surface area contributed by atoms with Crippen LogP contribution in [0.2, 0.25) is 0 Å². The second-order valence-electron chi connectivity index (χ2n) is 8.64. The van der Waals surface area contributed by atoms with Gasteiger partial charge in [0.15, 0.2) is 0 Å². The van der Waals surface area contributed by atoms with Gasteiger partial charge in [0.2, 0.25) is 10.0 Å². The summed E-state index contributed by atoms with van der Waals surface area (Å²) in [5, 5.41) is 1.92. The van der Waals surface area contributed by atoms with Crippen molar-refractivity contribution >= 4 is 20.8 Å². The van der Waals surface area contributed by atoms with E-state index in [9.17, 15) is 8.42 Å². The number of hydrogen-bond donors (Lipinski definition) is 0. The van der Waals surface area contributed by atoms with Crippen LogP contribution in [0.1, 0.15) is 17.3 Å². The summed E-state index contributed by atoms with van der Waals surface area (Å²) >= 11 is 0. The zero-order valence-electron chi connectivity index (χ0n) is 19.0. The van der Waals surface area contributed by atoms with Crippen LogP contribution >= 0.6 is 0 Å². The molecular formula is C29H24N2O3S. The predicted octanol–water partition coefficient (Wildman–Crippen LogP) is 6.23. The van der Waals surface area contributed by atoms with Gasteiger partial charge in [-0.25, -0.2) is 8.42 Å². The highest BCUT2D eigenvalue weighted by atomic mass is 32.2. The maximum absolute atomic E-state index is 14.0. The number of ether oxygens (including phenoxy) is 1. The van der Waals surface area contributed by atoms with Crippen LogP contribution in [-0.2, 0) is 16.6 Å². The molecule has 0 saturated heterocycles. The minimum atomic E-state index is -3.76. The molecule has 1 aliphatic rings. The molecule has 6 heteroatoms. The van der Waals surface area contributed by atoms with Crippen molar-refractivity contribution in [2.45, 2.75) is 17.5 Å². The number of rotatable bonds is 5. The molecule has 1 aliphatic heterocycles. The fourth-order valence-electron chi connectivity index (χ4n) is 4.79. The Morgan fingerprint density at radius 2 is 1.46 bits per heavy atom. The molecule has 0 aliphatic carbocycles.